The van der Waals surface area contributed by atoms with E-state index < -0.39 is 0 Å². The molecule has 1 aliphatic rings. The van der Waals surface area contributed by atoms with Crippen LogP contribution in [0.15, 0.2) is 34.8 Å². The van der Waals surface area contributed by atoms with Gasteiger partial charge in [-0.3, -0.25) is 19.3 Å². The normalized spacial score (nSPS) is 19.9. The van der Waals surface area contributed by atoms with Gasteiger partial charge in [-0.25, -0.2) is 0 Å². The molecule has 1 aromatic carbocycles. The first kappa shape index (κ1) is 42.8. The van der Waals surface area contributed by atoms with Crippen LogP contribution in [0.5, 0.6) is 11.5 Å². The molecule has 6 atom stereocenters. The van der Waals surface area contributed by atoms with Gasteiger partial charge in [0.2, 0.25) is 0 Å². The van der Waals surface area contributed by atoms with Crippen LogP contribution in [-0.4, -0.2) is 48.3 Å². The third kappa shape index (κ3) is 10.3. The molecule has 0 spiro atoms. The van der Waals surface area contributed by atoms with E-state index in [-0.39, 0.29) is 52.3 Å². The largest absolute Gasteiger partial charge is 0.496 e. The van der Waals surface area contributed by atoms with Gasteiger partial charge in [-0.05, 0) is 105 Å². The quantitative estimate of drug-likeness (QED) is 0.128. The summed E-state index contributed by atoms with van der Waals surface area (Å²) >= 11 is 0. The molecule has 0 amide bonds. The second kappa shape index (κ2) is 18.4. The molecule has 7 heteroatoms. The van der Waals surface area contributed by atoms with Gasteiger partial charge in [-0.15, -0.1) is 6.42 Å². The van der Waals surface area contributed by atoms with Crippen LogP contribution in [-0.2, 0) is 23.2 Å². The number of pyridine rings is 1. The van der Waals surface area contributed by atoms with Crippen LogP contribution in [0.3, 0.4) is 0 Å². The van der Waals surface area contributed by atoms with Gasteiger partial charge in [-0.2, -0.15) is 0 Å². The molecule has 1 saturated carbocycles. The van der Waals surface area contributed by atoms with Crippen molar-refractivity contribution >= 4 is 11.6 Å². The zero-order valence-electron chi connectivity index (χ0n) is 34.4. The first-order valence-electron chi connectivity index (χ1n) is 19.3. The lowest BCUT2D eigenvalue weighted by atomic mass is 9.66. The molecule has 286 valence electrons. The summed E-state index contributed by atoms with van der Waals surface area (Å²) in [7, 11) is 5.15. The average molecular weight is 715 g/mol. The van der Waals surface area contributed by atoms with Crippen LogP contribution in [0.2, 0.25) is 0 Å². The molecule has 1 fully saturated rings. The van der Waals surface area contributed by atoms with Crippen LogP contribution in [0.1, 0.15) is 104 Å². The minimum Gasteiger partial charge on any atom is -0.496 e. The number of methoxy groups -OCH3 is 2. The number of hydrogen-bond donors (Lipinski definition) is 0. The summed E-state index contributed by atoms with van der Waals surface area (Å²) in [4.78, 5) is 42.3. The van der Waals surface area contributed by atoms with E-state index in [1.54, 1.807) is 25.8 Å². The van der Waals surface area contributed by atoms with Gasteiger partial charge < -0.3 is 14.0 Å². The maximum atomic E-state index is 14.0. The molecule has 3 rings (SSSR count). The number of carbonyl (C=O) groups excluding carboxylic acids is 2. The number of aromatic nitrogens is 1. The number of aryl methyl sites for hydroxylation is 1. The third-order valence-corrected chi connectivity index (χ3v) is 11.7. The van der Waals surface area contributed by atoms with Gasteiger partial charge in [0, 0.05) is 48.7 Å². The monoisotopic (exact) mass is 714 g/mol. The zero-order chi connectivity index (χ0) is 39.1. The van der Waals surface area contributed by atoms with Crippen LogP contribution in [0, 0.1) is 67.1 Å². The second-order valence-corrected chi connectivity index (χ2v) is 16.7. The Morgan fingerprint density at radius 1 is 1.06 bits per heavy atom. The number of terminal acetylenes is 1. The Morgan fingerprint density at radius 3 is 2.19 bits per heavy atom. The first-order chi connectivity index (χ1) is 24.4. The maximum Gasteiger partial charge on any atom is 0.253 e. The highest BCUT2D eigenvalue weighted by molar-refractivity contribution is 6.01. The van der Waals surface area contributed by atoms with E-state index in [9.17, 15) is 14.4 Å². The molecular formula is C45H66N2O5. The van der Waals surface area contributed by atoms with Crippen molar-refractivity contribution in [3.8, 4) is 35.0 Å². The van der Waals surface area contributed by atoms with Crippen molar-refractivity contribution in [1.29, 1.82) is 0 Å². The van der Waals surface area contributed by atoms with Crippen molar-refractivity contribution in [3.63, 3.8) is 0 Å². The number of carbonyl (C=O) groups is 2. The highest BCUT2D eigenvalue weighted by Gasteiger charge is 2.39. The number of allylic oxidation sites excluding steroid dienone is 2. The predicted molar refractivity (Wildman–Crippen MR) is 214 cm³/mol. The second-order valence-electron chi connectivity index (χ2n) is 16.7. The Labute approximate surface area is 314 Å². The van der Waals surface area contributed by atoms with Crippen molar-refractivity contribution in [2.24, 2.45) is 48.0 Å². The van der Waals surface area contributed by atoms with Gasteiger partial charge in [0.15, 0.2) is 5.78 Å². The standard InChI is InChI=1S/C45H66N2O5/c1-15-20-47(27-39-40(51-13)23-36(24-41(39)52-14)38-26-46(12)44(50)32(7)31(38)6)21-19-28(3)30(5)43(49)37-18-17-35(22-29(37)4)33(8)42(48)34(16-2)25-45(9,10)11/h2,23-26,28-30,33,35,37H,15,17-22,27H2,1,3-14H3/b34-25+/t28?,29-,30?,33?,35?,37-/m0/s1. The number of Topliss-reactive ketones (excluding diaryl/α,β-unsaturated/α-hetero) is 2. The van der Waals surface area contributed by atoms with E-state index in [4.69, 9.17) is 15.9 Å². The number of ether oxygens (including phenoxy) is 2. The van der Waals surface area contributed by atoms with Crippen LogP contribution >= 0.6 is 0 Å². The molecule has 0 saturated heterocycles. The van der Waals surface area contributed by atoms with Gasteiger partial charge in [0.25, 0.3) is 5.56 Å². The number of nitrogens with zero attached hydrogens (tertiary/aromatic N) is 2. The fourth-order valence-electron chi connectivity index (χ4n) is 8.02. The molecule has 0 N–H and O–H groups in total. The summed E-state index contributed by atoms with van der Waals surface area (Å²) in [5.41, 5.74) is 4.89. The topological polar surface area (TPSA) is 77.8 Å². The Kier molecular flexibility index (Phi) is 15.2. The lowest BCUT2D eigenvalue weighted by Crippen LogP contribution is -2.37. The van der Waals surface area contributed by atoms with E-state index in [1.165, 1.54) is 0 Å². The molecular weight excluding hydrogens is 649 g/mol. The summed E-state index contributed by atoms with van der Waals surface area (Å²) < 4.78 is 13.5. The summed E-state index contributed by atoms with van der Waals surface area (Å²) in [6.45, 7) is 23.1. The van der Waals surface area contributed by atoms with E-state index >= 15 is 0 Å². The Bertz CT molecular complexity index is 1680. The van der Waals surface area contributed by atoms with Crippen molar-refractivity contribution < 1.29 is 19.1 Å². The van der Waals surface area contributed by atoms with Gasteiger partial charge in [0.1, 0.15) is 17.3 Å². The van der Waals surface area contributed by atoms with Crippen LogP contribution < -0.4 is 15.0 Å². The van der Waals surface area contributed by atoms with E-state index in [0.29, 0.717) is 17.9 Å². The smallest absolute Gasteiger partial charge is 0.253 e. The number of rotatable bonds is 16. The van der Waals surface area contributed by atoms with E-state index in [1.807, 2.05) is 45.2 Å². The number of benzene rings is 1. The summed E-state index contributed by atoms with van der Waals surface area (Å²) in [5.74, 6) is 5.06. The average Bonchev–Trinajstić information content (AvgIpc) is 3.11. The molecule has 2 aromatic rings. The van der Waals surface area contributed by atoms with Gasteiger partial charge in [0.05, 0.1) is 25.4 Å². The number of hydrogen-bond acceptors (Lipinski definition) is 6. The Morgan fingerprint density at radius 2 is 1.67 bits per heavy atom. The zero-order valence-corrected chi connectivity index (χ0v) is 34.4. The van der Waals surface area contributed by atoms with Crippen molar-refractivity contribution in [3.05, 3.63) is 57.0 Å². The SMILES string of the molecule is C#C/C(=C\C(C)(C)C)C(=O)C(C)C1CC[C@H](C(=O)C(C)C(C)CCN(CCC)Cc2c(OC)cc(-c3cn(C)c(=O)c(C)c3C)cc2OC)[C@@H](C)C1. The van der Waals surface area contributed by atoms with Crippen molar-refractivity contribution in [2.75, 3.05) is 27.3 Å². The lowest BCUT2D eigenvalue weighted by Gasteiger charge is -2.37. The number of ketones is 2. The minimum absolute atomic E-state index is 0.00137. The van der Waals surface area contributed by atoms with E-state index in [0.717, 1.165) is 84.5 Å². The predicted octanol–water partition coefficient (Wildman–Crippen LogP) is 8.99. The lowest BCUT2D eigenvalue weighted by molar-refractivity contribution is -0.131. The molecule has 1 aliphatic carbocycles. The van der Waals surface area contributed by atoms with Crippen LogP contribution in [0.4, 0.5) is 0 Å². The fraction of sp³-hybridized carbons (Fsp3) is 0.622. The Hall–Kier alpha value is -3.63. The molecule has 1 aromatic heterocycles. The van der Waals surface area contributed by atoms with Gasteiger partial charge >= 0.3 is 0 Å². The molecule has 0 bridgehead atoms. The Balaban J connectivity index is 1.70. The molecule has 1 heterocycles. The van der Waals surface area contributed by atoms with Crippen LogP contribution in [0.25, 0.3) is 11.1 Å². The molecule has 7 nitrogen and oxygen atoms in total. The molecule has 0 radical (unpaired) electrons. The maximum absolute atomic E-state index is 14.0. The minimum atomic E-state index is -0.161. The summed E-state index contributed by atoms with van der Waals surface area (Å²) in [6, 6.07) is 4.08. The van der Waals surface area contributed by atoms with Gasteiger partial charge in [-0.1, -0.05) is 67.4 Å². The first-order valence-corrected chi connectivity index (χ1v) is 19.3. The van der Waals surface area contributed by atoms with Crippen molar-refractivity contribution in [1.82, 2.24) is 9.47 Å². The summed E-state index contributed by atoms with van der Waals surface area (Å²) in [5, 5.41) is 0. The summed E-state index contributed by atoms with van der Waals surface area (Å²) in [6.07, 6.45) is 14.0. The van der Waals surface area contributed by atoms with E-state index in [2.05, 4.69) is 59.3 Å². The molecule has 0 aliphatic heterocycles. The fourth-order valence-corrected chi connectivity index (χ4v) is 8.02. The van der Waals surface area contributed by atoms with Crippen molar-refractivity contribution in [2.45, 2.75) is 108 Å². The molecule has 52 heavy (non-hydrogen) atoms. The third-order valence-electron chi connectivity index (χ3n) is 11.7. The molecule has 4 unspecified atom stereocenters. The highest BCUT2D eigenvalue weighted by atomic mass is 16.5. The highest BCUT2D eigenvalue weighted by Crippen LogP contribution is 2.41.